The fourth-order valence-corrected chi connectivity index (χ4v) is 7.10. The van der Waals surface area contributed by atoms with E-state index in [1.54, 1.807) is 23.5 Å². The van der Waals surface area contributed by atoms with E-state index in [0.717, 1.165) is 41.9 Å². The molecule has 2 aromatic carbocycles. The zero-order valence-corrected chi connectivity index (χ0v) is 16.8. The second kappa shape index (κ2) is 7.19. The number of hydrogen-bond acceptors (Lipinski definition) is 5. The van der Waals surface area contributed by atoms with Crippen molar-refractivity contribution in [3.63, 3.8) is 0 Å². The number of hydrogen-bond donors (Lipinski definition) is 0. The lowest BCUT2D eigenvalue weighted by Gasteiger charge is -2.19. The van der Waals surface area contributed by atoms with Crippen LogP contribution < -0.4 is 14.9 Å². The first-order valence-corrected chi connectivity index (χ1v) is 11.5. The van der Waals surface area contributed by atoms with E-state index >= 15 is 0 Å². The van der Waals surface area contributed by atoms with E-state index in [1.807, 2.05) is 41.0 Å². The van der Waals surface area contributed by atoms with Gasteiger partial charge >= 0.3 is 0 Å². The highest BCUT2D eigenvalue weighted by Gasteiger charge is 2.24. The molecule has 1 fully saturated rings. The van der Waals surface area contributed by atoms with Crippen molar-refractivity contribution in [3.05, 3.63) is 97.6 Å². The van der Waals surface area contributed by atoms with Crippen molar-refractivity contribution in [1.29, 1.82) is 0 Å². The smallest absolute Gasteiger partial charge is 0.272 e. The fraction of sp³-hybridized carbons (Fsp3) is 0.143. The van der Waals surface area contributed by atoms with Gasteiger partial charge in [0.05, 0.1) is 16.0 Å². The summed E-state index contributed by atoms with van der Waals surface area (Å²) in [7, 11) is 0. The summed E-state index contributed by atoms with van der Waals surface area (Å²) in [6.45, 7) is 0. The molecule has 0 bridgehead atoms. The third-order valence-corrected chi connectivity index (χ3v) is 8.59. The van der Waals surface area contributed by atoms with Crippen LogP contribution in [0.2, 0.25) is 0 Å². The molecule has 0 radical (unpaired) electrons. The molecular formula is C21H16N2OS3. The van der Waals surface area contributed by atoms with E-state index in [1.165, 1.54) is 11.3 Å². The molecule has 3 aromatic rings. The summed E-state index contributed by atoms with van der Waals surface area (Å²) < 4.78 is 3.84. The summed E-state index contributed by atoms with van der Waals surface area (Å²) in [5.74, 6) is 2.14. The number of thiazole rings is 1. The maximum atomic E-state index is 13.3. The topological polar surface area (TPSA) is 34.4 Å². The Morgan fingerprint density at radius 2 is 1.59 bits per heavy atom. The zero-order chi connectivity index (χ0) is 18.2. The molecule has 5 rings (SSSR count). The van der Waals surface area contributed by atoms with Crippen molar-refractivity contribution < 1.29 is 0 Å². The van der Waals surface area contributed by atoms with Crippen LogP contribution in [0.5, 0.6) is 0 Å². The van der Waals surface area contributed by atoms with Gasteiger partial charge in [-0.25, -0.2) is 4.99 Å². The van der Waals surface area contributed by atoms with E-state index in [9.17, 15) is 4.79 Å². The monoisotopic (exact) mass is 408 g/mol. The van der Waals surface area contributed by atoms with Crippen molar-refractivity contribution in [2.45, 2.75) is 6.04 Å². The molecule has 3 nitrogen and oxygen atoms in total. The molecule has 27 heavy (non-hydrogen) atoms. The Morgan fingerprint density at radius 1 is 0.926 bits per heavy atom. The molecule has 1 atom stereocenters. The second-order valence-corrected chi connectivity index (χ2v) is 9.70. The summed E-state index contributed by atoms with van der Waals surface area (Å²) in [6.07, 6.45) is 2.11. The standard InChI is InChI=1S/C21H16N2OS3/c24-19-18(20-25-11-12-26-20)27-21-22-16(14-7-3-1-4-8-14)13-17(23(19)21)15-9-5-2-6-10-15/h1-10,13,17H,11-12H2/t17-/m0/s1. The molecule has 0 saturated carbocycles. The van der Waals surface area contributed by atoms with Crippen LogP contribution in [0.4, 0.5) is 0 Å². The molecule has 0 aliphatic carbocycles. The maximum Gasteiger partial charge on any atom is 0.272 e. The first kappa shape index (κ1) is 17.1. The highest BCUT2D eigenvalue weighted by molar-refractivity contribution is 8.32. The number of nitrogens with zero attached hydrogens (tertiary/aromatic N) is 2. The summed E-state index contributed by atoms with van der Waals surface area (Å²) >= 11 is 5.09. The van der Waals surface area contributed by atoms with Crippen molar-refractivity contribution in [2.75, 3.05) is 11.5 Å². The van der Waals surface area contributed by atoms with Crippen LogP contribution >= 0.6 is 34.9 Å². The SMILES string of the molecule is O=c1c(=C2SCCS2)sc2n1[C@H](c1ccccc1)C=C(c1ccccc1)N=2. The number of rotatable bonds is 2. The van der Waals surface area contributed by atoms with Gasteiger partial charge in [-0.05, 0) is 17.2 Å². The van der Waals surface area contributed by atoms with E-state index in [-0.39, 0.29) is 11.6 Å². The van der Waals surface area contributed by atoms with Crippen LogP contribution in [0, 0.1) is 0 Å². The van der Waals surface area contributed by atoms with Crippen LogP contribution in [0.25, 0.3) is 9.93 Å². The molecule has 1 saturated heterocycles. The third-order valence-electron chi connectivity index (χ3n) is 4.57. The average Bonchev–Trinajstić information content (AvgIpc) is 3.37. The molecule has 0 unspecified atom stereocenters. The number of benzene rings is 2. The molecule has 0 spiro atoms. The first-order valence-electron chi connectivity index (χ1n) is 8.73. The van der Waals surface area contributed by atoms with Crippen LogP contribution in [-0.2, 0) is 0 Å². The predicted molar refractivity (Wildman–Crippen MR) is 117 cm³/mol. The summed E-state index contributed by atoms with van der Waals surface area (Å²) in [5.41, 5.74) is 3.18. The highest BCUT2D eigenvalue weighted by Crippen LogP contribution is 2.36. The van der Waals surface area contributed by atoms with E-state index in [0.29, 0.717) is 0 Å². The number of allylic oxidation sites excluding steroid dienone is 1. The van der Waals surface area contributed by atoms with Crippen LogP contribution in [0.1, 0.15) is 17.2 Å². The fourth-order valence-electron chi connectivity index (χ4n) is 3.30. The van der Waals surface area contributed by atoms with Gasteiger partial charge in [0, 0.05) is 11.5 Å². The lowest BCUT2D eigenvalue weighted by molar-refractivity contribution is 0.644. The Bertz CT molecular complexity index is 1190. The zero-order valence-electron chi connectivity index (χ0n) is 14.4. The minimum absolute atomic E-state index is 0.0767. The van der Waals surface area contributed by atoms with E-state index in [4.69, 9.17) is 4.99 Å². The summed E-state index contributed by atoms with van der Waals surface area (Å²) in [4.78, 5) is 18.9. The molecular weight excluding hydrogens is 392 g/mol. The van der Waals surface area contributed by atoms with Crippen LogP contribution in [0.15, 0.2) is 76.5 Å². The van der Waals surface area contributed by atoms with Crippen LogP contribution in [0.3, 0.4) is 0 Å². The third kappa shape index (κ3) is 3.12. The van der Waals surface area contributed by atoms with Gasteiger partial charge in [0.15, 0.2) is 4.80 Å². The van der Waals surface area contributed by atoms with Gasteiger partial charge in [0.2, 0.25) is 0 Å². The summed E-state index contributed by atoms with van der Waals surface area (Å²) in [6, 6.07) is 20.2. The summed E-state index contributed by atoms with van der Waals surface area (Å²) in [5, 5.41) is 0. The Hall–Kier alpha value is -2.02. The Kier molecular flexibility index (Phi) is 4.55. The van der Waals surface area contributed by atoms with Crippen molar-refractivity contribution in [1.82, 2.24) is 4.57 Å². The van der Waals surface area contributed by atoms with Gasteiger partial charge < -0.3 is 0 Å². The molecule has 0 amide bonds. The van der Waals surface area contributed by atoms with Gasteiger partial charge in [0.25, 0.3) is 5.56 Å². The van der Waals surface area contributed by atoms with Gasteiger partial charge in [-0.2, -0.15) is 0 Å². The molecule has 134 valence electrons. The molecule has 0 N–H and O–H groups in total. The first-order chi connectivity index (χ1) is 13.3. The van der Waals surface area contributed by atoms with Gasteiger partial charge in [0.1, 0.15) is 4.53 Å². The Morgan fingerprint density at radius 3 is 2.30 bits per heavy atom. The lowest BCUT2D eigenvalue weighted by atomic mass is 10.0. The van der Waals surface area contributed by atoms with Crippen molar-refractivity contribution in [3.8, 4) is 0 Å². The normalized spacial score (nSPS) is 18.7. The quantitative estimate of drug-likeness (QED) is 0.648. The van der Waals surface area contributed by atoms with E-state index < -0.39 is 0 Å². The van der Waals surface area contributed by atoms with Crippen LogP contribution in [-0.4, -0.2) is 16.1 Å². The minimum Gasteiger partial charge on any atom is -0.272 e. The minimum atomic E-state index is -0.136. The van der Waals surface area contributed by atoms with Gasteiger partial charge in [-0.15, -0.1) is 23.5 Å². The molecule has 2 aliphatic rings. The number of fused-ring (bicyclic) bond motifs is 1. The number of thioether (sulfide) groups is 2. The van der Waals surface area contributed by atoms with Gasteiger partial charge in [-0.3, -0.25) is 9.36 Å². The molecule has 3 heterocycles. The lowest BCUT2D eigenvalue weighted by Crippen LogP contribution is -2.36. The average molecular weight is 409 g/mol. The molecule has 1 aromatic heterocycles. The highest BCUT2D eigenvalue weighted by atomic mass is 32.2. The van der Waals surface area contributed by atoms with Crippen molar-refractivity contribution >= 4 is 44.8 Å². The van der Waals surface area contributed by atoms with Gasteiger partial charge in [-0.1, -0.05) is 72.0 Å². The Balaban J connectivity index is 1.78. The maximum absolute atomic E-state index is 13.3. The largest absolute Gasteiger partial charge is 0.272 e. The predicted octanol–water partition coefficient (Wildman–Crippen LogP) is 3.72. The van der Waals surface area contributed by atoms with Crippen molar-refractivity contribution in [2.24, 2.45) is 4.99 Å². The van der Waals surface area contributed by atoms with E-state index in [2.05, 4.69) is 30.3 Å². The second-order valence-electron chi connectivity index (χ2n) is 6.26. The number of aromatic nitrogens is 1. The molecule has 6 heteroatoms. The molecule has 2 aliphatic heterocycles. The Labute approximate surface area is 169 Å².